The van der Waals surface area contributed by atoms with Crippen molar-refractivity contribution in [1.82, 2.24) is 10.2 Å². The Kier molecular flexibility index (Phi) is 5.84. The highest BCUT2D eigenvalue weighted by molar-refractivity contribution is 7.80. The van der Waals surface area contributed by atoms with E-state index in [-0.39, 0.29) is 22.8 Å². The largest absolute Gasteiger partial charge is 0.462 e. The third kappa shape index (κ3) is 3.96. The maximum absolute atomic E-state index is 12.4. The van der Waals surface area contributed by atoms with Gasteiger partial charge in [0, 0.05) is 4.88 Å². The standard InChI is InChI=1S/C21H19N3O5S2/c1-2-29-20(28)16-13-8-5-9-14(13)31-17(16)23-21(30)22-15(25)10-24-18(26)11-6-3-4-7-12(11)19(24)27/h3-4,6-7H,2,5,8-10H2,1H3,(H2,22,23,25,30). The normalized spacial score (nSPS) is 14.3. The van der Waals surface area contributed by atoms with Crippen LogP contribution in [0.4, 0.5) is 5.00 Å². The molecule has 0 atom stereocenters. The quantitative estimate of drug-likeness (QED) is 0.404. The molecule has 1 aromatic heterocycles. The van der Waals surface area contributed by atoms with Crippen LogP contribution < -0.4 is 10.6 Å². The molecule has 1 aromatic carbocycles. The molecule has 2 heterocycles. The van der Waals surface area contributed by atoms with Crippen LogP contribution in [-0.4, -0.2) is 46.9 Å². The van der Waals surface area contributed by atoms with E-state index < -0.39 is 30.2 Å². The molecule has 0 bridgehead atoms. The van der Waals surface area contributed by atoms with Crippen molar-refractivity contribution in [1.29, 1.82) is 0 Å². The van der Waals surface area contributed by atoms with Gasteiger partial charge in [0.1, 0.15) is 11.5 Å². The summed E-state index contributed by atoms with van der Waals surface area (Å²) in [6.45, 7) is 1.53. The number of benzene rings is 1. The number of aryl methyl sites for hydroxylation is 1. The number of ether oxygens (including phenoxy) is 1. The molecule has 2 aromatic rings. The van der Waals surface area contributed by atoms with E-state index in [0.29, 0.717) is 10.6 Å². The van der Waals surface area contributed by atoms with Crippen LogP contribution in [0.1, 0.15) is 54.9 Å². The molecule has 2 aliphatic rings. The summed E-state index contributed by atoms with van der Waals surface area (Å²) in [6, 6.07) is 6.41. The highest BCUT2D eigenvalue weighted by Gasteiger charge is 2.36. The first-order chi connectivity index (χ1) is 14.9. The molecule has 3 amide bonds. The second-order valence-corrected chi connectivity index (χ2v) is 8.54. The highest BCUT2D eigenvalue weighted by atomic mass is 32.1. The number of thiocarbonyl (C=S) groups is 1. The molecule has 0 unspecified atom stereocenters. The number of amides is 3. The van der Waals surface area contributed by atoms with Gasteiger partial charge in [0.25, 0.3) is 11.8 Å². The lowest BCUT2D eigenvalue weighted by Gasteiger charge is -2.15. The highest BCUT2D eigenvalue weighted by Crippen LogP contribution is 2.39. The van der Waals surface area contributed by atoms with Crippen molar-refractivity contribution in [3.63, 3.8) is 0 Å². The molecular weight excluding hydrogens is 438 g/mol. The Morgan fingerprint density at radius 3 is 2.48 bits per heavy atom. The van der Waals surface area contributed by atoms with E-state index >= 15 is 0 Å². The number of rotatable bonds is 5. The molecule has 0 fully saturated rings. The molecule has 2 N–H and O–H groups in total. The van der Waals surface area contributed by atoms with Crippen LogP contribution >= 0.6 is 23.6 Å². The van der Waals surface area contributed by atoms with Crippen LogP contribution in [0.2, 0.25) is 0 Å². The summed E-state index contributed by atoms with van der Waals surface area (Å²) < 4.78 is 5.17. The van der Waals surface area contributed by atoms with Gasteiger partial charge < -0.3 is 15.4 Å². The zero-order valence-electron chi connectivity index (χ0n) is 16.6. The summed E-state index contributed by atoms with van der Waals surface area (Å²) in [4.78, 5) is 51.7. The topological polar surface area (TPSA) is 105 Å². The molecule has 0 saturated heterocycles. The first-order valence-electron chi connectivity index (χ1n) is 9.78. The molecule has 31 heavy (non-hydrogen) atoms. The van der Waals surface area contributed by atoms with Crippen molar-refractivity contribution in [2.24, 2.45) is 0 Å². The molecule has 0 saturated carbocycles. The number of fused-ring (bicyclic) bond motifs is 2. The third-order valence-electron chi connectivity index (χ3n) is 5.06. The van der Waals surface area contributed by atoms with E-state index in [1.54, 1.807) is 31.2 Å². The summed E-state index contributed by atoms with van der Waals surface area (Å²) in [5, 5.41) is 5.88. The predicted molar refractivity (Wildman–Crippen MR) is 118 cm³/mol. The predicted octanol–water partition coefficient (Wildman–Crippen LogP) is 2.52. The number of anilines is 1. The molecule has 160 valence electrons. The number of imide groups is 1. The Hall–Kier alpha value is -3.11. The maximum Gasteiger partial charge on any atom is 0.341 e. The molecular formula is C21H19N3O5S2. The fourth-order valence-electron chi connectivity index (χ4n) is 3.74. The molecule has 8 nitrogen and oxygen atoms in total. The molecule has 1 aliphatic carbocycles. The van der Waals surface area contributed by atoms with Gasteiger partial charge in [-0.15, -0.1) is 11.3 Å². The molecule has 0 radical (unpaired) electrons. The first kappa shape index (κ1) is 21.1. The molecule has 10 heteroatoms. The van der Waals surface area contributed by atoms with E-state index in [0.717, 1.165) is 34.6 Å². The lowest BCUT2D eigenvalue weighted by Crippen LogP contribution is -2.43. The van der Waals surface area contributed by atoms with E-state index in [4.69, 9.17) is 17.0 Å². The van der Waals surface area contributed by atoms with E-state index in [1.807, 2.05) is 0 Å². The average molecular weight is 458 g/mol. The summed E-state index contributed by atoms with van der Waals surface area (Å²) >= 11 is 6.64. The summed E-state index contributed by atoms with van der Waals surface area (Å²) in [5.41, 5.74) is 1.96. The minimum absolute atomic E-state index is 0.0212. The van der Waals surface area contributed by atoms with E-state index in [9.17, 15) is 19.2 Å². The second kappa shape index (κ2) is 8.56. The van der Waals surface area contributed by atoms with Gasteiger partial charge in [-0.25, -0.2) is 4.79 Å². The number of thiophene rings is 1. The average Bonchev–Trinajstić information content (AvgIpc) is 3.37. The number of esters is 1. The van der Waals surface area contributed by atoms with Gasteiger partial charge in [-0.3, -0.25) is 19.3 Å². The van der Waals surface area contributed by atoms with Crippen LogP contribution in [0.25, 0.3) is 0 Å². The zero-order valence-corrected chi connectivity index (χ0v) is 18.3. The maximum atomic E-state index is 12.4. The van der Waals surface area contributed by atoms with Crippen molar-refractivity contribution >= 4 is 57.4 Å². The van der Waals surface area contributed by atoms with Gasteiger partial charge in [-0.05, 0) is 56.1 Å². The lowest BCUT2D eigenvalue weighted by molar-refractivity contribution is -0.120. The van der Waals surface area contributed by atoms with Gasteiger partial charge >= 0.3 is 5.97 Å². The third-order valence-corrected chi connectivity index (χ3v) is 6.47. The number of nitrogens with one attached hydrogen (secondary N) is 2. The number of hydrogen-bond acceptors (Lipinski definition) is 7. The van der Waals surface area contributed by atoms with Gasteiger partial charge in [0.2, 0.25) is 5.91 Å². The Balaban J connectivity index is 1.42. The van der Waals surface area contributed by atoms with Crippen LogP contribution in [0.3, 0.4) is 0 Å². The number of hydrogen-bond donors (Lipinski definition) is 2. The smallest absolute Gasteiger partial charge is 0.341 e. The van der Waals surface area contributed by atoms with E-state index in [1.165, 1.54) is 11.3 Å². The van der Waals surface area contributed by atoms with Gasteiger partial charge in [-0.2, -0.15) is 0 Å². The van der Waals surface area contributed by atoms with Crippen LogP contribution in [0, 0.1) is 0 Å². The number of carbonyl (C=O) groups is 4. The summed E-state index contributed by atoms with van der Waals surface area (Å²) in [7, 11) is 0. The van der Waals surface area contributed by atoms with Crippen molar-refractivity contribution in [2.75, 3.05) is 18.5 Å². The number of nitrogens with zero attached hydrogens (tertiary/aromatic N) is 1. The zero-order chi connectivity index (χ0) is 22.1. The van der Waals surface area contributed by atoms with Gasteiger partial charge in [0.15, 0.2) is 5.11 Å². The summed E-state index contributed by atoms with van der Waals surface area (Å²) in [5.74, 6) is -2.08. The SMILES string of the molecule is CCOC(=O)c1c(NC(=S)NC(=O)CN2C(=O)c3ccccc3C2=O)sc2c1CCC2. The van der Waals surface area contributed by atoms with Gasteiger partial charge in [0.05, 0.1) is 23.3 Å². The first-order valence-corrected chi connectivity index (χ1v) is 11.0. The van der Waals surface area contributed by atoms with Crippen molar-refractivity contribution in [2.45, 2.75) is 26.2 Å². The second-order valence-electron chi connectivity index (χ2n) is 7.03. The molecule has 1 aliphatic heterocycles. The monoisotopic (exact) mass is 457 g/mol. The Labute approximate surface area is 187 Å². The van der Waals surface area contributed by atoms with Crippen molar-refractivity contribution in [3.8, 4) is 0 Å². The summed E-state index contributed by atoms with van der Waals surface area (Å²) in [6.07, 6.45) is 2.66. The van der Waals surface area contributed by atoms with Gasteiger partial charge in [-0.1, -0.05) is 12.1 Å². The fraction of sp³-hybridized carbons (Fsp3) is 0.286. The van der Waals surface area contributed by atoms with Crippen LogP contribution in [-0.2, 0) is 22.4 Å². The van der Waals surface area contributed by atoms with Crippen molar-refractivity contribution in [3.05, 3.63) is 51.4 Å². The minimum Gasteiger partial charge on any atom is -0.462 e. The fourth-order valence-corrected chi connectivity index (χ4v) is 5.30. The minimum atomic E-state index is -0.617. The lowest BCUT2D eigenvalue weighted by atomic mass is 10.1. The van der Waals surface area contributed by atoms with Crippen LogP contribution in [0.5, 0.6) is 0 Å². The Morgan fingerprint density at radius 1 is 1.16 bits per heavy atom. The molecule has 4 rings (SSSR count). The molecule has 0 spiro atoms. The van der Waals surface area contributed by atoms with Crippen LogP contribution in [0.15, 0.2) is 24.3 Å². The van der Waals surface area contributed by atoms with E-state index in [2.05, 4.69) is 10.6 Å². The van der Waals surface area contributed by atoms with Crippen molar-refractivity contribution < 1.29 is 23.9 Å². The Morgan fingerprint density at radius 2 is 1.84 bits per heavy atom. The number of carbonyl (C=O) groups excluding carboxylic acids is 4. The Bertz CT molecular complexity index is 1090.